The molecule has 0 atom stereocenters. The molecule has 0 saturated carbocycles. The lowest BCUT2D eigenvalue weighted by Gasteiger charge is -2.11. The predicted molar refractivity (Wildman–Crippen MR) is 94.8 cm³/mol. The first kappa shape index (κ1) is 16.0. The molecule has 6 heteroatoms. The minimum Gasteiger partial charge on any atom is -0.334 e. The minimum absolute atomic E-state index is 0.326. The Balaban J connectivity index is 1.69. The number of hydrogen-bond donors (Lipinski definition) is 2. The first-order valence-corrected chi connectivity index (χ1v) is 7.75. The second kappa shape index (κ2) is 7.57. The third-order valence-electron chi connectivity index (χ3n) is 3.41. The number of aromatic nitrogens is 2. The minimum atomic E-state index is -0.326. The number of carbonyl (C=O) groups is 1. The number of hydrogen-bond acceptors (Lipinski definition) is 3. The number of anilines is 1. The Bertz CT molecular complexity index is 839. The topological polar surface area (TPSA) is 66.9 Å². The number of carbonyl (C=O) groups excluding carboxylic acids is 1. The molecule has 0 bridgehead atoms. The van der Waals surface area contributed by atoms with E-state index in [2.05, 4.69) is 20.6 Å². The number of urea groups is 1. The number of amides is 2. The molecule has 5 nitrogen and oxygen atoms in total. The van der Waals surface area contributed by atoms with Gasteiger partial charge in [-0.1, -0.05) is 29.8 Å². The van der Waals surface area contributed by atoms with Crippen LogP contribution in [0, 0.1) is 0 Å². The van der Waals surface area contributed by atoms with E-state index in [4.69, 9.17) is 11.6 Å². The molecule has 0 aliphatic carbocycles. The second-order valence-corrected chi connectivity index (χ2v) is 5.44. The third-order valence-corrected chi connectivity index (χ3v) is 3.74. The van der Waals surface area contributed by atoms with Crippen molar-refractivity contribution >= 4 is 23.3 Å². The van der Waals surface area contributed by atoms with Crippen LogP contribution in [0.3, 0.4) is 0 Å². The van der Waals surface area contributed by atoms with Gasteiger partial charge in [-0.15, -0.1) is 0 Å². The largest absolute Gasteiger partial charge is 0.334 e. The SMILES string of the molecule is O=C(NCc1cccnc1-c1ccncc1)Nc1ccccc1Cl. The van der Waals surface area contributed by atoms with Crippen LogP contribution in [-0.2, 0) is 6.54 Å². The monoisotopic (exact) mass is 338 g/mol. The number of para-hydroxylation sites is 1. The highest BCUT2D eigenvalue weighted by atomic mass is 35.5. The van der Waals surface area contributed by atoms with E-state index in [9.17, 15) is 4.79 Å². The van der Waals surface area contributed by atoms with Crippen molar-refractivity contribution in [2.75, 3.05) is 5.32 Å². The van der Waals surface area contributed by atoms with Crippen molar-refractivity contribution in [1.82, 2.24) is 15.3 Å². The highest BCUT2D eigenvalue weighted by Gasteiger charge is 2.09. The molecule has 24 heavy (non-hydrogen) atoms. The van der Waals surface area contributed by atoms with E-state index in [0.717, 1.165) is 16.8 Å². The number of benzene rings is 1. The van der Waals surface area contributed by atoms with Crippen LogP contribution in [0.15, 0.2) is 67.1 Å². The smallest absolute Gasteiger partial charge is 0.319 e. The maximum atomic E-state index is 12.1. The van der Waals surface area contributed by atoms with Crippen molar-refractivity contribution in [3.05, 3.63) is 77.7 Å². The average Bonchev–Trinajstić information content (AvgIpc) is 2.63. The van der Waals surface area contributed by atoms with Gasteiger partial charge in [0.05, 0.1) is 16.4 Å². The predicted octanol–water partition coefficient (Wildman–Crippen LogP) is 4.12. The lowest BCUT2D eigenvalue weighted by molar-refractivity contribution is 0.252. The van der Waals surface area contributed by atoms with E-state index in [0.29, 0.717) is 17.3 Å². The molecular formula is C18H15ClN4O. The highest BCUT2D eigenvalue weighted by Crippen LogP contribution is 2.21. The molecule has 2 amide bonds. The fourth-order valence-corrected chi connectivity index (χ4v) is 2.44. The van der Waals surface area contributed by atoms with E-state index in [-0.39, 0.29) is 6.03 Å². The summed E-state index contributed by atoms with van der Waals surface area (Å²) in [6.07, 6.45) is 5.15. The number of nitrogens with one attached hydrogen (secondary N) is 2. The standard InChI is InChI=1S/C18H15ClN4O/c19-15-5-1-2-6-16(15)23-18(24)22-12-14-4-3-9-21-17(14)13-7-10-20-11-8-13/h1-11H,12H2,(H2,22,23,24). The molecule has 2 heterocycles. The molecule has 3 aromatic rings. The van der Waals surface area contributed by atoms with Crippen LogP contribution in [0.1, 0.15) is 5.56 Å². The molecule has 120 valence electrons. The summed E-state index contributed by atoms with van der Waals surface area (Å²) in [5.74, 6) is 0. The quantitative estimate of drug-likeness (QED) is 0.752. The van der Waals surface area contributed by atoms with Gasteiger partial charge in [-0.25, -0.2) is 4.79 Å². The zero-order chi connectivity index (χ0) is 16.8. The molecule has 0 unspecified atom stereocenters. The number of halogens is 1. The molecule has 1 aromatic carbocycles. The van der Waals surface area contributed by atoms with E-state index >= 15 is 0 Å². The lowest BCUT2D eigenvalue weighted by Crippen LogP contribution is -2.28. The van der Waals surface area contributed by atoms with Gasteiger partial charge < -0.3 is 10.6 Å². The van der Waals surface area contributed by atoms with Gasteiger partial charge >= 0.3 is 6.03 Å². The van der Waals surface area contributed by atoms with Crippen LogP contribution < -0.4 is 10.6 Å². The van der Waals surface area contributed by atoms with E-state index in [1.54, 1.807) is 30.7 Å². The van der Waals surface area contributed by atoms with Gasteiger partial charge in [0.25, 0.3) is 0 Å². The van der Waals surface area contributed by atoms with Gasteiger partial charge in [0.1, 0.15) is 0 Å². The average molecular weight is 339 g/mol. The molecule has 0 saturated heterocycles. The summed E-state index contributed by atoms with van der Waals surface area (Å²) < 4.78 is 0. The maximum Gasteiger partial charge on any atom is 0.319 e. The van der Waals surface area contributed by atoms with Crippen LogP contribution in [0.5, 0.6) is 0 Å². The van der Waals surface area contributed by atoms with Crippen LogP contribution in [0.2, 0.25) is 5.02 Å². The Morgan fingerprint density at radius 3 is 2.58 bits per heavy atom. The Hall–Kier alpha value is -2.92. The molecule has 2 aromatic heterocycles. The van der Waals surface area contributed by atoms with E-state index in [1.807, 2.05) is 36.4 Å². The first-order chi connectivity index (χ1) is 11.7. The van der Waals surface area contributed by atoms with Crippen LogP contribution in [-0.4, -0.2) is 16.0 Å². The van der Waals surface area contributed by atoms with E-state index < -0.39 is 0 Å². The molecule has 0 spiro atoms. The molecule has 0 fully saturated rings. The van der Waals surface area contributed by atoms with Crippen LogP contribution in [0.4, 0.5) is 10.5 Å². The number of nitrogens with zero attached hydrogens (tertiary/aromatic N) is 2. The molecule has 3 rings (SSSR count). The first-order valence-electron chi connectivity index (χ1n) is 7.38. The van der Waals surface area contributed by atoms with Gasteiger partial charge in [0, 0.05) is 30.7 Å². The second-order valence-electron chi connectivity index (χ2n) is 5.03. The summed E-state index contributed by atoms with van der Waals surface area (Å²) in [5.41, 5.74) is 3.25. The van der Waals surface area contributed by atoms with Gasteiger partial charge in [0.2, 0.25) is 0 Å². The summed E-state index contributed by atoms with van der Waals surface area (Å²) >= 11 is 6.03. The van der Waals surface area contributed by atoms with Crippen molar-refractivity contribution in [3.8, 4) is 11.3 Å². The highest BCUT2D eigenvalue weighted by molar-refractivity contribution is 6.33. The molecule has 0 aliphatic rings. The number of pyridine rings is 2. The Morgan fingerprint density at radius 1 is 1.00 bits per heavy atom. The third kappa shape index (κ3) is 3.88. The molecular weight excluding hydrogens is 324 g/mol. The van der Waals surface area contributed by atoms with Gasteiger partial charge in [-0.2, -0.15) is 0 Å². The van der Waals surface area contributed by atoms with Crippen molar-refractivity contribution in [3.63, 3.8) is 0 Å². The molecule has 2 N–H and O–H groups in total. The van der Waals surface area contributed by atoms with Gasteiger partial charge in [0.15, 0.2) is 0 Å². The summed E-state index contributed by atoms with van der Waals surface area (Å²) in [5, 5.41) is 6.04. The summed E-state index contributed by atoms with van der Waals surface area (Å²) in [7, 11) is 0. The van der Waals surface area contributed by atoms with Crippen molar-refractivity contribution in [2.45, 2.75) is 6.54 Å². The Labute approximate surface area is 144 Å². The number of rotatable bonds is 4. The molecule has 0 radical (unpaired) electrons. The molecule has 0 aliphatic heterocycles. The summed E-state index contributed by atoms with van der Waals surface area (Å²) in [6, 6.07) is 14.3. The fourth-order valence-electron chi connectivity index (χ4n) is 2.26. The van der Waals surface area contributed by atoms with Crippen LogP contribution >= 0.6 is 11.6 Å². The van der Waals surface area contributed by atoms with Crippen molar-refractivity contribution < 1.29 is 4.79 Å². The maximum absolute atomic E-state index is 12.1. The van der Waals surface area contributed by atoms with Crippen molar-refractivity contribution in [1.29, 1.82) is 0 Å². The summed E-state index contributed by atoms with van der Waals surface area (Å²) in [6.45, 7) is 0.349. The lowest BCUT2D eigenvalue weighted by atomic mass is 10.1. The fraction of sp³-hybridized carbons (Fsp3) is 0.0556. The van der Waals surface area contributed by atoms with Crippen LogP contribution in [0.25, 0.3) is 11.3 Å². The van der Waals surface area contributed by atoms with E-state index in [1.165, 1.54) is 0 Å². The zero-order valence-corrected chi connectivity index (χ0v) is 13.5. The zero-order valence-electron chi connectivity index (χ0n) is 12.7. The Kier molecular flexibility index (Phi) is 5.03. The van der Waals surface area contributed by atoms with Gasteiger partial charge in [-0.3, -0.25) is 9.97 Å². The van der Waals surface area contributed by atoms with Gasteiger partial charge in [-0.05, 0) is 35.9 Å². The summed E-state index contributed by atoms with van der Waals surface area (Å²) in [4.78, 5) is 20.5. The normalized spacial score (nSPS) is 10.2. The Morgan fingerprint density at radius 2 is 1.79 bits per heavy atom. The van der Waals surface area contributed by atoms with Crippen molar-refractivity contribution in [2.24, 2.45) is 0 Å².